The van der Waals surface area contributed by atoms with Crippen LogP contribution in [0.4, 0.5) is 5.69 Å². The molecule has 0 unspecified atom stereocenters. The molecule has 0 spiro atoms. The molecule has 1 aromatic heterocycles. The molecule has 1 amide bonds. The number of methoxy groups -OCH3 is 1. The average Bonchev–Trinajstić information content (AvgIpc) is 2.50. The topological polar surface area (TPSA) is 75.0 Å². The summed E-state index contributed by atoms with van der Waals surface area (Å²) in [5.74, 6) is 0.132. The van der Waals surface area contributed by atoms with E-state index in [-0.39, 0.29) is 11.6 Å². The minimum atomic E-state index is -0.341. The Kier molecular flexibility index (Phi) is 4.41. The predicted octanol–water partition coefficient (Wildman–Crippen LogP) is 3.18. The summed E-state index contributed by atoms with van der Waals surface area (Å²) in [7, 11) is 1.50. The monoisotopic (exact) mass is 301 g/mol. The van der Waals surface area contributed by atoms with Gasteiger partial charge in [-0.3, -0.25) is 4.79 Å². The van der Waals surface area contributed by atoms with Crippen molar-refractivity contribution in [3.63, 3.8) is 0 Å². The Hall–Kier alpha value is -2.58. The van der Waals surface area contributed by atoms with Crippen molar-refractivity contribution in [3.8, 4) is 11.8 Å². The molecule has 1 aromatic carbocycles. The van der Waals surface area contributed by atoms with Gasteiger partial charge in [0.1, 0.15) is 17.5 Å². The Morgan fingerprint density at radius 1 is 1.43 bits per heavy atom. The molecule has 5 nitrogen and oxygen atoms in total. The van der Waals surface area contributed by atoms with Gasteiger partial charge in [-0.1, -0.05) is 11.6 Å². The van der Waals surface area contributed by atoms with Gasteiger partial charge in [-0.15, -0.1) is 0 Å². The normalized spacial score (nSPS) is 9.81. The molecule has 21 heavy (non-hydrogen) atoms. The zero-order valence-corrected chi connectivity index (χ0v) is 12.2. The van der Waals surface area contributed by atoms with Crippen molar-refractivity contribution in [2.24, 2.45) is 0 Å². The molecule has 0 radical (unpaired) electrons. The minimum Gasteiger partial charge on any atom is -0.495 e. The zero-order chi connectivity index (χ0) is 15.4. The molecule has 0 saturated carbocycles. The maximum Gasteiger partial charge on any atom is 0.257 e. The van der Waals surface area contributed by atoms with Gasteiger partial charge in [0.25, 0.3) is 5.91 Å². The third-order valence-electron chi connectivity index (χ3n) is 2.87. The standard InChI is InChI=1S/C15H12ClN3O2/c1-9-5-13(14(21-2)6-12(9)16)19-15(20)10-3-4-11(7-17)18-8-10/h3-6,8H,1-2H3,(H,19,20). The molecule has 1 heterocycles. The second kappa shape index (κ2) is 6.25. The number of benzene rings is 1. The van der Waals surface area contributed by atoms with Gasteiger partial charge in [0, 0.05) is 17.3 Å². The second-order valence-electron chi connectivity index (χ2n) is 4.30. The fourth-order valence-electron chi connectivity index (χ4n) is 1.72. The number of carbonyl (C=O) groups excluding carboxylic acids is 1. The third kappa shape index (κ3) is 3.30. The third-order valence-corrected chi connectivity index (χ3v) is 3.28. The van der Waals surface area contributed by atoms with Gasteiger partial charge in [0.2, 0.25) is 0 Å². The van der Waals surface area contributed by atoms with Gasteiger partial charge in [0.05, 0.1) is 18.4 Å². The second-order valence-corrected chi connectivity index (χ2v) is 4.71. The van der Waals surface area contributed by atoms with Crippen LogP contribution >= 0.6 is 11.6 Å². The highest BCUT2D eigenvalue weighted by Gasteiger charge is 2.12. The SMILES string of the molecule is COc1cc(Cl)c(C)cc1NC(=O)c1ccc(C#N)nc1. The number of halogens is 1. The molecule has 1 N–H and O–H groups in total. The number of nitriles is 1. The average molecular weight is 302 g/mol. The minimum absolute atomic E-state index is 0.256. The van der Waals surface area contributed by atoms with Gasteiger partial charge in [0.15, 0.2) is 0 Å². The van der Waals surface area contributed by atoms with Crippen LogP contribution in [0.5, 0.6) is 5.75 Å². The number of aromatic nitrogens is 1. The van der Waals surface area contributed by atoms with Crippen LogP contribution in [0.2, 0.25) is 5.02 Å². The van der Waals surface area contributed by atoms with Gasteiger partial charge < -0.3 is 10.1 Å². The van der Waals surface area contributed by atoms with E-state index in [1.807, 2.05) is 13.0 Å². The van der Waals surface area contributed by atoms with E-state index < -0.39 is 0 Å². The van der Waals surface area contributed by atoms with E-state index in [4.69, 9.17) is 21.6 Å². The fraction of sp³-hybridized carbons (Fsp3) is 0.133. The Morgan fingerprint density at radius 3 is 2.76 bits per heavy atom. The Bertz CT molecular complexity index is 721. The highest BCUT2D eigenvalue weighted by Crippen LogP contribution is 2.31. The van der Waals surface area contributed by atoms with E-state index in [2.05, 4.69) is 10.3 Å². The molecular formula is C15H12ClN3O2. The van der Waals surface area contributed by atoms with Crippen LogP contribution in [0.3, 0.4) is 0 Å². The lowest BCUT2D eigenvalue weighted by Crippen LogP contribution is -2.13. The first-order chi connectivity index (χ1) is 10.0. The van der Waals surface area contributed by atoms with Crippen LogP contribution in [-0.2, 0) is 0 Å². The molecule has 0 bridgehead atoms. The number of hydrogen-bond donors (Lipinski definition) is 1. The smallest absolute Gasteiger partial charge is 0.257 e. The first kappa shape index (κ1) is 14.8. The number of aryl methyl sites for hydroxylation is 1. The number of amides is 1. The molecule has 0 aliphatic rings. The van der Waals surface area contributed by atoms with Crippen LogP contribution in [0, 0.1) is 18.3 Å². The summed E-state index contributed by atoms with van der Waals surface area (Å²) < 4.78 is 5.20. The summed E-state index contributed by atoms with van der Waals surface area (Å²) >= 11 is 6.02. The maximum absolute atomic E-state index is 12.2. The number of pyridine rings is 1. The van der Waals surface area contributed by atoms with Gasteiger partial charge in [-0.05, 0) is 30.7 Å². The van der Waals surface area contributed by atoms with E-state index in [1.54, 1.807) is 12.1 Å². The lowest BCUT2D eigenvalue weighted by molar-refractivity contribution is 0.102. The Labute approximate surface area is 127 Å². The number of carbonyl (C=O) groups is 1. The summed E-state index contributed by atoms with van der Waals surface area (Å²) in [4.78, 5) is 16.0. The van der Waals surface area contributed by atoms with E-state index in [0.717, 1.165) is 5.56 Å². The molecule has 2 rings (SSSR count). The number of nitrogens with one attached hydrogen (secondary N) is 1. The molecule has 0 atom stereocenters. The van der Waals surface area contributed by atoms with Crippen molar-refractivity contribution >= 4 is 23.2 Å². The summed E-state index contributed by atoms with van der Waals surface area (Å²) in [6, 6.07) is 8.30. The zero-order valence-electron chi connectivity index (χ0n) is 11.5. The van der Waals surface area contributed by atoms with Crippen LogP contribution in [0.15, 0.2) is 30.5 Å². The molecule has 2 aromatic rings. The largest absolute Gasteiger partial charge is 0.495 e. The first-order valence-corrected chi connectivity index (χ1v) is 6.44. The van der Waals surface area contributed by atoms with Crippen LogP contribution < -0.4 is 10.1 Å². The van der Waals surface area contributed by atoms with E-state index in [1.165, 1.54) is 25.4 Å². The van der Waals surface area contributed by atoms with Crippen molar-refractivity contribution in [2.75, 3.05) is 12.4 Å². The van der Waals surface area contributed by atoms with E-state index >= 15 is 0 Å². The van der Waals surface area contributed by atoms with Crippen molar-refractivity contribution in [1.82, 2.24) is 4.98 Å². The van der Waals surface area contributed by atoms with Gasteiger partial charge in [-0.2, -0.15) is 5.26 Å². The Morgan fingerprint density at radius 2 is 2.19 bits per heavy atom. The van der Waals surface area contributed by atoms with Crippen LogP contribution in [0.1, 0.15) is 21.6 Å². The summed E-state index contributed by atoms with van der Waals surface area (Å²) in [6.07, 6.45) is 1.35. The highest BCUT2D eigenvalue weighted by molar-refractivity contribution is 6.31. The van der Waals surface area contributed by atoms with Crippen molar-refractivity contribution in [3.05, 3.63) is 52.3 Å². The summed E-state index contributed by atoms with van der Waals surface area (Å²) in [5, 5.41) is 12.0. The predicted molar refractivity (Wildman–Crippen MR) is 79.6 cm³/mol. The van der Waals surface area contributed by atoms with Crippen molar-refractivity contribution in [1.29, 1.82) is 5.26 Å². The van der Waals surface area contributed by atoms with E-state index in [9.17, 15) is 4.79 Å². The van der Waals surface area contributed by atoms with Gasteiger partial charge in [-0.25, -0.2) is 4.98 Å². The van der Waals surface area contributed by atoms with Gasteiger partial charge >= 0.3 is 0 Å². The summed E-state index contributed by atoms with van der Waals surface area (Å²) in [6.45, 7) is 1.83. The summed E-state index contributed by atoms with van der Waals surface area (Å²) in [5.41, 5.74) is 1.95. The molecule has 0 aliphatic carbocycles. The number of ether oxygens (including phenoxy) is 1. The highest BCUT2D eigenvalue weighted by atomic mass is 35.5. The molecule has 0 fully saturated rings. The Balaban J connectivity index is 2.26. The molecule has 0 aliphatic heterocycles. The van der Waals surface area contributed by atoms with E-state index in [0.29, 0.717) is 22.0 Å². The lowest BCUT2D eigenvalue weighted by atomic mass is 10.2. The lowest BCUT2D eigenvalue weighted by Gasteiger charge is -2.12. The molecule has 0 saturated heterocycles. The fourth-order valence-corrected chi connectivity index (χ4v) is 1.87. The maximum atomic E-state index is 12.2. The number of rotatable bonds is 3. The molecule has 106 valence electrons. The number of nitrogens with zero attached hydrogens (tertiary/aromatic N) is 2. The first-order valence-electron chi connectivity index (χ1n) is 6.06. The van der Waals surface area contributed by atoms with Crippen LogP contribution in [-0.4, -0.2) is 18.0 Å². The number of hydrogen-bond acceptors (Lipinski definition) is 4. The molecular weight excluding hydrogens is 290 g/mol. The van der Waals surface area contributed by atoms with Crippen molar-refractivity contribution in [2.45, 2.75) is 6.92 Å². The molecule has 6 heteroatoms. The van der Waals surface area contributed by atoms with Crippen LogP contribution in [0.25, 0.3) is 0 Å². The quantitative estimate of drug-likeness (QED) is 0.944. The van der Waals surface area contributed by atoms with Crippen molar-refractivity contribution < 1.29 is 9.53 Å². The number of anilines is 1.